The van der Waals surface area contributed by atoms with Gasteiger partial charge in [-0.2, -0.15) is 0 Å². The first-order chi connectivity index (χ1) is 11.8. The van der Waals surface area contributed by atoms with Crippen molar-refractivity contribution in [2.45, 2.75) is 26.2 Å². The van der Waals surface area contributed by atoms with Crippen LogP contribution in [-0.2, 0) is 5.41 Å². The first-order valence-electron chi connectivity index (χ1n) is 8.39. The quantitative estimate of drug-likeness (QED) is 0.845. The van der Waals surface area contributed by atoms with Gasteiger partial charge >= 0.3 is 0 Å². The van der Waals surface area contributed by atoms with Crippen molar-refractivity contribution in [1.82, 2.24) is 20.2 Å². The first kappa shape index (κ1) is 18.9. The fourth-order valence-corrected chi connectivity index (χ4v) is 2.21. The van der Waals surface area contributed by atoms with Crippen LogP contribution in [0.5, 0.6) is 0 Å². The Morgan fingerprint density at radius 2 is 1.80 bits per heavy atom. The SMILES string of the molecule is CN(C)CCNC(=O)c1ccnc(Nc2ccc(C(C)(C)C)cc2)n1. The summed E-state index contributed by atoms with van der Waals surface area (Å²) in [5, 5.41) is 5.99. The van der Waals surface area contributed by atoms with Gasteiger partial charge in [-0.25, -0.2) is 9.97 Å². The van der Waals surface area contributed by atoms with E-state index in [2.05, 4.69) is 53.5 Å². The lowest BCUT2D eigenvalue weighted by atomic mass is 9.87. The number of anilines is 2. The summed E-state index contributed by atoms with van der Waals surface area (Å²) < 4.78 is 0. The number of nitrogens with zero attached hydrogens (tertiary/aromatic N) is 3. The second kappa shape index (κ2) is 8.07. The predicted molar refractivity (Wildman–Crippen MR) is 101 cm³/mol. The van der Waals surface area contributed by atoms with E-state index in [9.17, 15) is 4.79 Å². The minimum Gasteiger partial charge on any atom is -0.349 e. The Bertz CT molecular complexity index is 704. The smallest absolute Gasteiger partial charge is 0.270 e. The molecule has 0 atom stereocenters. The fraction of sp³-hybridized carbons (Fsp3) is 0.421. The Labute approximate surface area is 149 Å². The third kappa shape index (κ3) is 5.83. The molecule has 2 rings (SSSR count). The summed E-state index contributed by atoms with van der Waals surface area (Å²) >= 11 is 0. The monoisotopic (exact) mass is 341 g/mol. The number of aromatic nitrogens is 2. The molecule has 0 aliphatic carbocycles. The number of hydrogen-bond acceptors (Lipinski definition) is 5. The average molecular weight is 341 g/mol. The van der Waals surface area contributed by atoms with Crippen LogP contribution in [-0.4, -0.2) is 48.0 Å². The van der Waals surface area contributed by atoms with Gasteiger partial charge in [0.2, 0.25) is 5.95 Å². The van der Waals surface area contributed by atoms with E-state index in [1.54, 1.807) is 12.3 Å². The molecule has 1 aromatic carbocycles. The number of rotatable bonds is 6. The molecule has 1 aromatic heterocycles. The van der Waals surface area contributed by atoms with E-state index in [0.29, 0.717) is 18.2 Å². The maximum absolute atomic E-state index is 12.1. The molecule has 6 heteroatoms. The molecule has 2 aromatic rings. The Morgan fingerprint density at radius 1 is 1.12 bits per heavy atom. The summed E-state index contributed by atoms with van der Waals surface area (Å²) in [4.78, 5) is 22.6. The lowest BCUT2D eigenvalue weighted by molar-refractivity contribution is 0.0946. The minimum absolute atomic E-state index is 0.111. The van der Waals surface area contributed by atoms with Crippen LogP contribution in [0.2, 0.25) is 0 Å². The first-order valence-corrected chi connectivity index (χ1v) is 8.39. The van der Waals surface area contributed by atoms with Gasteiger partial charge in [0.05, 0.1) is 0 Å². The molecule has 0 spiro atoms. The van der Waals surface area contributed by atoms with E-state index in [1.165, 1.54) is 5.56 Å². The van der Waals surface area contributed by atoms with Crippen LogP contribution in [0.3, 0.4) is 0 Å². The molecule has 134 valence electrons. The van der Waals surface area contributed by atoms with Gasteiger partial charge < -0.3 is 15.5 Å². The zero-order valence-corrected chi connectivity index (χ0v) is 15.6. The second-order valence-electron chi connectivity index (χ2n) is 7.28. The topological polar surface area (TPSA) is 70.2 Å². The highest BCUT2D eigenvalue weighted by molar-refractivity contribution is 5.92. The third-order valence-electron chi connectivity index (χ3n) is 3.74. The molecule has 0 saturated heterocycles. The molecular weight excluding hydrogens is 314 g/mol. The number of amides is 1. The van der Waals surface area contributed by atoms with Crippen molar-refractivity contribution in [3.05, 3.63) is 47.8 Å². The summed E-state index contributed by atoms with van der Waals surface area (Å²) in [6, 6.07) is 9.76. The third-order valence-corrected chi connectivity index (χ3v) is 3.74. The highest BCUT2D eigenvalue weighted by Crippen LogP contribution is 2.24. The van der Waals surface area contributed by atoms with Crippen LogP contribution in [0, 0.1) is 0 Å². The zero-order valence-electron chi connectivity index (χ0n) is 15.6. The number of carbonyl (C=O) groups excluding carboxylic acids is 1. The predicted octanol–water partition coefficient (Wildman–Crippen LogP) is 2.81. The molecule has 0 saturated carbocycles. The summed E-state index contributed by atoms with van der Waals surface area (Å²) in [6.45, 7) is 7.89. The number of carbonyl (C=O) groups is 1. The number of nitrogens with one attached hydrogen (secondary N) is 2. The number of benzene rings is 1. The van der Waals surface area contributed by atoms with Gasteiger partial charge in [0, 0.05) is 25.0 Å². The summed E-state index contributed by atoms with van der Waals surface area (Å²) in [6.07, 6.45) is 1.58. The van der Waals surface area contributed by atoms with E-state index in [-0.39, 0.29) is 11.3 Å². The Morgan fingerprint density at radius 3 is 2.40 bits per heavy atom. The van der Waals surface area contributed by atoms with Crippen molar-refractivity contribution in [2.75, 3.05) is 32.5 Å². The fourth-order valence-electron chi connectivity index (χ4n) is 2.21. The molecule has 2 N–H and O–H groups in total. The highest BCUT2D eigenvalue weighted by Gasteiger charge is 2.13. The lowest BCUT2D eigenvalue weighted by Crippen LogP contribution is -2.31. The summed E-state index contributed by atoms with van der Waals surface area (Å²) in [7, 11) is 3.92. The van der Waals surface area contributed by atoms with Gasteiger partial charge in [0.25, 0.3) is 5.91 Å². The molecular formula is C19H27N5O. The largest absolute Gasteiger partial charge is 0.349 e. The average Bonchev–Trinajstić information content (AvgIpc) is 2.54. The van der Waals surface area contributed by atoms with Crippen molar-refractivity contribution < 1.29 is 4.79 Å². The van der Waals surface area contributed by atoms with Gasteiger partial charge in [-0.1, -0.05) is 32.9 Å². The van der Waals surface area contributed by atoms with Crippen LogP contribution in [0.15, 0.2) is 36.5 Å². The van der Waals surface area contributed by atoms with Crippen LogP contribution < -0.4 is 10.6 Å². The van der Waals surface area contributed by atoms with Crippen molar-refractivity contribution in [3.8, 4) is 0 Å². The van der Waals surface area contributed by atoms with Gasteiger partial charge in [-0.3, -0.25) is 4.79 Å². The molecule has 0 aliphatic heterocycles. The van der Waals surface area contributed by atoms with Crippen molar-refractivity contribution in [2.24, 2.45) is 0 Å². The van der Waals surface area contributed by atoms with Gasteiger partial charge in [-0.15, -0.1) is 0 Å². The molecule has 1 amide bonds. The van der Waals surface area contributed by atoms with Crippen LogP contribution >= 0.6 is 0 Å². The maximum Gasteiger partial charge on any atom is 0.270 e. The van der Waals surface area contributed by atoms with Gasteiger partial charge in [0.15, 0.2) is 0 Å². The molecule has 0 radical (unpaired) electrons. The van der Waals surface area contributed by atoms with Crippen LogP contribution in [0.1, 0.15) is 36.8 Å². The van der Waals surface area contributed by atoms with E-state index in [1.807, 2.05) is 31.1 Å². The minimum atomic E-state index is -0.199. The molecule has 6 nitrogen and oxygen atoms in total. The second-order valence-corrected chi connectivity index (χ2v) is 7.28. The highest BCUT2D eigenvalue weighted by atomic mass is 16.1. The van der Waals surface area contributed by atoms with Crippen molar-refractivity contribution >= 4 is 17.5 Å². The normalized spacial score (nSPS) is 11.4. The molecule has 0 fully saturated rings. The molecule has 1 heterocycles. The van der Waals surface area contributed by atoms with E-state index in [0.717, 1.165) is 12.2 Å². The maximum atomic E-state index is 12.1. The molecule has 0 aliphatic rings. The lowest BCUT2D eigenvalue weighted by Gasteiger charge is -2.19. The Balaban J connectivity index is 2.02. The zero-order chi connectivity index (χ0) is 18.4. The number of likely N-dealkylation sites (N-methyl/N-ethyl adjacent to an activating group) is 1. The van der Waals surface area contributed by atoms with Crippen LogP contribution in [0.4, 0.5) is 11.6 Å². The van der Waals surface area contributed by atoms with E-state index in [4.69, 9.17) is 0 Å². The standard InChI is InChI=1S/C19H27N5O/c1-19(2,3)14-6-8-15(9-7-14)22-18-21-11-10-16(23-18)17(25)20-12-13-24(4)5/h6-11H,12-13H2,1-5H3,(H,20,25)(H,21,22,23). The molecule has 0 unspecified atom stereocenters. The van der Waals surface area contributed by atoms with Gasteiger partial charge in [-0.05, 0) is 43.3 Å². The number of hydrogen-bond donors (Lipinski definition) is 2. The van der Waals surface area contributed by atoms with Gasteiger partial charge in [0.1, 0.15) is 5.69 Å². The molecule has 0 bridgehead atoms. The van der Waals surface area contributed by atoms with Crippen molar-refractivity contribution in [1.29, 1.82) is 0 Å². The van der Waals surface area contributed by atoms with E-state index >= 15 is 0 Å². The summed E-state index contributed by atoms with van der Waals surface area (Å²) in [5.41, 5.74) is 2.60. The summed E-state index contributed by atoms with van der Waals surface area (Å²) in [5.74, 6) is 0.208. The Hall–Kier alpha value is -2.47. The Kier molecular flexibility index (Phi) is 6.09. The molecule has 25 heavy (non-hydrogen) atoms. The van der Waals surface area contributed by atoms with Crippen LogP contribution in [0.25, 0.3) is 0 Å². The van der Waals surface area contributed by atoms with E-state index < -0.39 is 0 Å². The van der Waals surface area contributed by atoms with Crippen molar-refractivity contribution in [3.63, 3.8) is 0 Å².